The van der Waals surface area contributed by atoms with Crippen molar-refractivity contribution >= 4 is 39.5 Å². The van der Waals surface area contributed by atoms with E-state index in [9.17, 15) is 4.79 Å². The molecule has 134 valence electrons. The van der Waals surface area contributed by atoms with Crippen molar-refractivity contribution in [3.8, 4) is 22.3 Å². The average Bonchev–Trinajstić information content (AvgIpc) is 3.16. The van der Waals surface area contributed by atoms with Gasteiger partial charge in [0.05, 0.1) is 16.7 Å². The zero-order chi connectivity index (χ0) is 18.8. The van der Waals surface area contributed by atoms with Crippen LogP contribution in [0.2, 0.25) is 5.02 Å². The van der Waals surface area contributed by atoms with Gasteiger partial charge in [0, 0.05) is 11.6 Å². The molecule has 6 heteroatoms. The number of halogens is 1. The standard InChI is InChI=1S/C21H14ClNO3S/c1-13(24)14-2-3-16-9-17(5-4-15(16)8-14)25-20-7-6-18(10-19(20)22)26-21-11-23-12-27-21/h2-12H,1H3. The Morgan fingerprint density at radius 3 is 2.44 bits per heavy atom. The zero-order valence-corrected chi connectivity index (χ0v) is 15.9. The van der Waals surface area contributed by atoms with Crippen LogP contribution in [0.3, 0.4) is 0 Å². The highest BCUT2D eigenvalue weighted by molar-refractivity contribution is 7.11. The summed E-state index contributed by atoms with van der Waals surface area (Å²) in [6.45, 7) is 1.56. The molecule has 0 N–H and O–H groups in total. The van der Waals surface area contributed by atoms with Gasteiger partial charge in [-0.2, -0.15) is 0 Å². The Morgan fingerprint density at radius 1 is 0.963 bits per heavy atom. The van der Waals surface area contributed by atoms with Crippen molar-refractivity contribution < 1.29 is 14.3 Å². The van der Waals surface area contributed by atoms with Crippen molar-refractivity contribution in [2.24, 2.45) is 0 Å². The number of carbonyl (C=O) groups excluding carboxylic acids is 1. The van der Waals surface area contributed by atoms with Gasteiger partial charge in [0.15, 0.2) is 5.78 Å². The van der Waals surface area contributed by atoms with Crippen molar-refractivity contribution in [1.82, 2.24) is 4.98 Å². The fourth-order valence-electron chi connectivity index (χ4n) is 2.63. The second-order valence-electron chi connectivity index (χ2n) is 5.90. The second-order valence-corrected chi connectivity index (χ2v) is 7.15. The van der Waals surface area contributed by atoms with Crippen molar-refractivity contribution in [3.63, 3.8) is 0 Å². The summed E-state index contributed by atoms with van der Waals surface area (Å²) in [5.41, 5.74) is 2.39. The number of Topliss-reactive ketones (excluding diaryl/α,β-unsaturated/α-hetero) is 1. The molecule has 0 spiro atoms. The number of ether oxygens (including phenoxy) is 2. The molecule has 0 saturated carbocycles. The molecule has 0 aliphatic rings. The van der Waals surface area contributed by atoms with Crippen LogP contribution in [0, 0.1) is 0 Å². The van der Waals surface area contributed by atoms with Crippen LogP contribution in [-0.4, -0.2) is 10.8 Å². The summed E-state index contributed by atoms with van der Waals surface area (Å²) >= 11 is 7.74. The molecule has 0 aliphatic carbocycles. The predicted octanol–water partition coefficient (Wildman–Crippen LogP) is 6.74. The predicted molar refractivity (Wildman–Crippen MR) is 108 cm³/mol. The molecule has 0 fully saturated rings. The average molecular weight is 396 g/mol. The maximum atomic E-state index is 11.5. The topological polar surface area (TPSA) is 48.4 Å². The summed E-state index contributed by atoms with van der Waals surface area (Å²) in [5.74, 6) is 1.86. The van der Waals surface area contributed by atoms with Gasteiger partial charge in [-0.1, -0.05) is 41.1 Å². The Labute approximate surface area is 165 Å². The van der Waals surface area contributed by atoms with E-state index >= 15 is 0 Å². The Hall–Kier alpha value is -2.89. The zero-order valence-electron chi connectivity index (χ0n) is 14.3. The maximum absolute atomic E-state index is 11.5. The van der Waals surface area contributed by atoms with Gasteiger partial charge in [-0.15, -0.1) is 0 Å². The first-order valence-corrected chi connectivity index (χ1v) is 9.43. The molecular formula is C21H14ClNO3S. The van der Waals surface area contributed by atoms with Gasteiger partial charge >= 0.3 is 0 Å². The summed E-state index contributed by atoms with van der Waals surface area (Å²) < 4.78 is 11.6. The Balaban J connectivity index is 1.56. The molecule has 1 heterocycles. The lowest BCUT2D eigenvalue weighted by atomic mass is 10.0. The first-order valence-electron chi connectivity index (χ1n) is 8.17. The fraction of sp³-hybridized carbons (Fsp3) is 0.0476. The minimum absolute atomic E-state index is 0.0460. The highest BCUT2D eigenvalue weighted by Crippen LogP contribution is 2.35. The van der Waals surface area contributed by atoms with E-state index in [1.807, 2.05) is 36.4 Å². The third kappa shape index (κ3) is 3.94. The summed E-state index contributed by atoms with van der Waals surface area (Å²) in [4.78, 5) is 15.5. The van der Waals surface area contributed by atoms with Gasteiger partial charge in [0.1, 0.15) is 17.2 Å². The number of hydrogen-bond acceptors (Lipinski definition) is 5. The van der Waals surface area contributed by atoms with E-state index in [1.54, 1.807) is 36.8 Å². The Morgan fingerprint density at radius 2 is 1.70 bits per heavy atom. The maximum Gasteiger partial charge on any atom is 0.200 e. The molecular weight excluding hydrogens is 382 g/mol. The number of rotatable bonds is 5. The number of ketones is 1. The van der Waals surface area contributed by atoms with Crippen LogP contribution in [0.15, 0.2) is 66.3 Å². The summed E-state index contributed by atoms with van der Waals surface area (Å²) in [6.07, 6.45) is 1.65. The number of aromatic nitrogens is 1. The molecule has 0 aliphatic heterocycles. The van der Waals surface area contributed by atoms with E-state index in [2.05, 4.69) is 4.98 Å². The van der Waals surface area contributed by atoms with Crippen molar-refractivity contribution in [3.05, 3.63) is 76.9 Å². The van der Waals surface area contributed by atoms with E-state index in [4.69, 9.17) is 21.1 Å². The lowest BCUT2D eigenvalue weighted by Gasteiger charge is -2.10. The number of benzene rings is 3. The summed E-state index contributed by atoms with van der Waals surface area (Å²) in [6, 6.07) is 16.5. The second kappa shape index (κ2) is 7.39. The van der Waals surface area contributed by atoms with Crippen LogP contribution in [0.4, 0.5) is 0 Å². The SMILES string of the molecule is CC(=O)c1ccc2cc(Oc3ccc(Oc4cncs4)cc3Cl)ccc2c1. The number of nitrogens with zero attached hydrogens (tertiary/aromatic N) is 1. The molecule has 0 bridgehead atoms. The lowest BCUT2D eigenvalue weighted by Crippen LogP contribution is -1.91. The minimum atomic E-state index is 0.0460. The molecule has 0 atom stereocenters. The van der Waals surface area contributed by atoms with Crippen LogP contribution in [0.5, 0.6) is 22.3 Å². The number of fused-ring (bicyclic) bond motifs is 1. The molecule has 0 unspecified atom stereocenters. The molecule has 3 aromatic carbocycles. The van der Waals surface area contributed by atoms with E-state index in [0.717, 1.165) is 10.8 Å². The molecule has 0 amide bonds. The van der Waals surface area contributed by atoms with E-state index < -0.39 is 0 Å². The molecule has 0 saturated heterocycles. The highest BCUT2D eigenvalue weighted by Gasteiger charge is 2.08. The molecule has 4 aromatic rings. The normalized spacial score (nSPS) is 10.7. The summed E-state index contributed by atoms with van der Waals surface area (Å²) in [7, 11) is 0. The van der Waals surface area contributed by atoms with Crippen LogP contribution in [0.25, 0.3) is 10.8 Å². The first-order chi connectivity index (χ1) is 13.1. The van der Waals surface area contributed by atoms with Crippen molar-refractivity contribution in [2.45, 2.75) is 6.92 Å². The van der Waals surface area contributed by atoms with Crippen LogP contribution >= 0.6 is 22.9 Å². The van der Waals surface area contributed by atoms with E-state index in [1.165, 1.54) is 11.3 Å². The number of carbonyl (C=O) groups is 1. The molecule has 4 nitrogen and oxygen atoms in total. The molecule has 0 radical (unpaired) electrons. The minimum Gasteiger partial charge on any atom is -0.456 e. The van der Waals surface area contributed by atoms with Gasteiger partial charge in [0.2, 0.25) is 5.06 Å². The van der Waals surface area contributed by atoms with Gasteiger partial charge in [-0.05, 0) is 48.0 Å². The molecule has 4 rings (SSSR count). The fourth-order valence-corrected chi connectivity index (χ4v) is 3.33. The third-order valence-corrected chi connectivity index (χ3v) is 4.92. The molecule has 27 heavy (non-hydrogen) atoms. The highest BCUT2D eigenvalue weighted by atomic mass is 35.5. The van der Waals surface area contributed by atoms with Gasteiger partial charge in [-0.3, -0.25) is 4.79 Å². The largest absolute Gasteiger partial charge is 0.456 e. The smallest absolute Gasteiger partial charge is 0.200 e. The van der Waals surface area contributed by atoms with Gasteiger partial charge < -0.3 is 9.47 Å². The first kappa shape index (κ1) is 17.5. The van der Waals surface area contributed by atoms with Gasteiger partial charge in [0.25, 0.3) is 0 Å². The Kier molecular flexibility index (Phi) is 4.79. The van der Waals surface area contributed by atoms with E-state index in [-0.39, 0.29) is 5.78 Å². The van der Waals surface area contributed by atoms with E-state index in [0.29, 0.717) is 32.9 Å². The van der Waals surface area contributed by atoms with Crippen LogP contribution in [0.1, 0.15) is 17.3 Å². The van der Waals surface area contributed by atoms with Crippen LogP contribution in [-0.2, 0) is 0 Å². The Bertz CT molecular complexity index is 1130. The van der Waals surface area contributed by atoms with Crippen molar-refractivity contribution in [2.75, 3.05) is 0 Å². The number of hydrogen-bond donors (Lipinski definition) is 0. The summed E-state index contributed by atoms with van der Waals surface area (Å²) in [5, 5.41) is 3.11. The quantitative estimate of drug-likeness (QED) is 0.351. The number of thiazole rings is 1. The monoisotopic (exact) mass is 395 g/mol. The van der Waals surface area contributed by atoms with Crippen LogP contribution < -0.4 is 9.47 Å². The van der Waals surface area contributed by atoms with Crippen molar-refractivity contribution in [1.29, 1.82) is 0 Å². The lowest BCUT2D eigenvalue weighted by molar-refractivity contribution is 0.101. The van der Waals surface area contributed by atoms with Gasteiger partial charge in [-0.25, -0.2) is 4.98 Å². The molecule has 1 aromatic heterocycles. The third-order valence-electron chi connectivity index (χ3n) is 3.98.